The van der Waals surface area contributed by atoms with Gasteiger partial charge in [-0.2, -0.15) is 0 Å². The molecular weight excluding hydrogens is 432 g/mol. The van der Waals surface area contributed by atoms with Crippen LogP contribution < -0.4 is 14.4 Å². The smallest absolute Gasteiger partial charge is 0.238 e. The van der Waals surface area contributed by atoms with Gasteiger partial charge >= 0.3 is 0 Å². The van der Waals surface area contributed by atoms with Gasteiger partial charge in [0.15, 0.2) is 0 Å². The molecule has 2 saturated carbocycles. The minimum Gasteiger partial charge on any atom is -0.497 e. The zero-order valence-corrected chi connectivity index (χ0v) is 18.3. The van der Waals surface area contributed by atoms with Crippen molar-refractivity contribution < 1.29 is 23.9 Å². The quantitative estimate of drug-likeness (QED) is 0.663. The highest BCUT2D eigenvalue weighted by molar-refractivity contribution is 6.31. The predicted molar refractivity (Wildman–Crippen MR) is 117 cm³/mol. The summed E-state index contributed by atoms with van der Waals surface area (Å²) in [5.41, 5.74) is 2.18. The van der Waals surface area contributed by atoms with Crippen LogP contribution in [0, 0.1) is 29.6 Å². The molecular formula is C24H21ClN2O5. The lowest BCUT2D eigenvalue weighted by Crippen LogP contribution is -2.41. The van der Waals surface area contributed by atoms with E-state index in [-0.39, 0.29) is 47.5 Å². The Morgan fingerprint density at radius 1 is 0.969 bits per heavy atom. The number of imide groups is 1. The molecule has 1 saturated heterocycles. The molecule has 3 fully saturated rings. The van der Waals surface area contributed by atoms with Crippen LogP contribution in [0.25, 0.3) is 0 Å². The Kier molecular flexibility index (Phi) is 4.27. The summed E-state index contributed by atoms with van der Waals surface area (Å²) in [7, 11) is 3.21. The minimum atomic E-state index is -0.364. The Hall–Kier alpha value is -3.06. The molecule has 32 heavy (non-hydrogen) atoms. The number of rotatable bonds is 4. The predicted octanol–water partition coefficient (Wildman–Crippen LogP) is 3.53. The maximum absolute atomic E-state index is 13.5. The molecule has 0 radical (unpaired) electrons. The highest BCUT2D eigenvalue weighted by Gasteiger charge is 2.70. The third-order valence-electron chi connectivity index (χ3n) is 7.46. The first kappa shape index (κ1) is 19.6. The van der Waals surface area contributed by atoms with Crippen LogP contribution in [-0.2, 0) is 14.4 Å². The number of ether oxygens (including phenoxy) is 2. The first-order chi connectivity index (χ1) is 15.5. The molecule has 8 heteroatoms. The molecule has 164 valence electrons. The molecule has 7 nitrogen and oxygen atoms in total. The Balaban J connectivity index is 1.35. The minimum absolute atomic E-state index is 0.00296. The van der Waals surface area contributed by atoms with E-state index in [0.29, 0.717) is 22.2 Å². The fourth-order valence-electron chi connectivity index (χ4n) is 6.20. The van der Waals surface area contributed by atoms with E-state index in [9.17, 15) is 9.59 Å². The number of benzene rings is 2. The molecule has 0 spiro atoms. The maximum Gasteiger partial charge on any atom is 0.238 e. The number of carbonyl (C=O) groups excluding carboxylic acids is 2. The molecule has 2 amide bonds. The van der Waals surface area contributed by atoms with Crippen LogP contribution in [0.1, 0.15) is 12.0 Å². The van der Waals surface area contributed by atoms with E-state index in [0.717, 1.165) is 17.7 Å². The lowest BCUT2D eigenvalue weighted by molar-refractivity contribution is -0.125. The number of anilines is 1. The average molecular weight is 453 g/mol. The molecule has 0 aromatic heterocycles. The Morgan fingerprint density at radius 2 is 1.69 bits per heavy atom. The van der Waals surface area contributed by atoms with Gasteiger partial charge in [0.2, 0.25) is 11.8 Å². The van der Waals surface area contributed by atoms with E-state index in [1.165, 1.54) is 4.90 Å². The van der Waals surface area contributed by atoms with Gasteiger partial charge in [-0.15, -0.1) is 0 Å². The number of hydrogen-bond acceptors (Lipinski definition) is 6. The van der Waals surface area contributed by atoms with Crippen LogP contribution >= 0.6 is 11.6 Å². The van der Waals surface area contributed by atoms with Crippen LogP contribution in [0.5, 0.6) is 11.5 Å². The van der Waals surface area contributed by atoms with Gasteiger partial charge in [0.05, 0.1) is 37.5 Å². The number of oxime groups is 1. The third-order valence-corrected chi connectivity index (χ3v) is 7.71. The number of nitrogens with zero attached hydrogens (tertiary/aromatic N) is 2. The van der Waals surface area contributed by atoms with Crippen LogP contribution in [0.2, 0.25) is 5.02 Å². The summed E-state index contributed by atoms with van der Waals surface area (Å²) < 4.78 is 10.9. The van der Waals surface area contributed by atoms with Crippen LogP contribution in [0.3, 0.4) is 0 Å². The number of carbonyl (C=O) groups is 2. The van der Waals surface area contributed by atoms with Gasteiger partial charge in [-0.3, -0.25) is 14.5 Å². The number of methoxy groups -OCH3 is 2. The maximum atomic E-state index is 13.5. The summed E-state index contributed by atoms with van der Waals surface area (Å²) in [6.45, 7) is 0. The van der Waals surface area contributed by atoms with Crippen molar-refractivity contribution in [2.24, 2.45) is 34.7 Å². The van der Waals surface area contributed by atoms with Crippen LogP contribution in [-0.4, -0.2) is 37.8 Å². The number of fused-ring (bicyclic) bond motifs is 8. The summed E-state index contributed by atoms with van der Waals surface area (Å²) in [5.74, 6) is 0.232. The van der Waals surface area contributed by atoms with E-state index >= 15 is 0 Å². The molecule has 0 unspecified atom stereocenters. The summed E-state index contributed by atoms with van der Waals surface area (Å²) in [6, 6.07) is 12.4. The van der Waals surface area contributed by atoms with E-state index < -0.39 is 0 Å². The molecule has 2 aromatic rings. The van der Waals surface area contributed by atoms with Gasteiger partial charge < -0.3 is 14.3 Å². The van der Waals surface area contributed by atoms with E-state index in [1.807, 2.05) is 18.2 Å². The zero-order valence-electron chi connectivity index (χ0n) is 17.5. The second kappa shape index (κ2) is 6.97. The van der Waals surface area contributed by atoms with Gasteiger partial charge in [0.1, 0.15) is 17.6 Å². The lowest BCUT2D eigenvalue weighted by Gasteiger charge is -2.30. The molecule has 6 atom stereocenters. The average Bonchev–Trinajstić information content (AvgIpc) is 3.54. The van der Waals surface area contributed by atoms with Gasteiger partial charge in [-0.1, -0.05) is 16.8 Å². The molecule has 2 bridgehead atoms. The van der Waals surface area contributed by atoms with E-state index in [2.05, 4.69) is 5.16 Å². The second-order valence-electron chi connectivity index (χ2n) is 8.74. The molecule has 2 aromatic carbocycles. The summed E-state index contributed by atoms with van der Waals surface area (Å²) >= 11 is 5.99. The molecule has 2 heterocycles. The van der Waals surface area contributed by atoms with E-state index in [1.54, 1.807) is 38.5 Å². The Morgan fingerprint density at radius 3 is 2.38 bits per heavy atom. The SMILES string of the molecule is COc1ccc(C2=NO[C@@H]3[C@@H]4C[C@H]([C@H]5C(=O)N(c6ccc(Cl)cc6)C(=O)[C@H]45)[C@H]23)c(OC)c1. The largest absolute Gasteiger partial charge is 0.497 e. The van der Waals surface area contributed by atoms with Crippen LogP contribution in [0.15, 0.2) is 47.6 Å². The van der Waals surface area contributed by atoms with Crippen molar-refractivity contribution in [3.05, 3.63) is 53.1 Å². The van der Waals surface area contributed by atoms with Crippen molar-refractivity contribution in [3.8, 4) is 11.5 Å². The molecule has 6 rings (SSSR count). The lowest BCUT2D eigenvalue weighted by atomic mass is 9.71. The first-order valence-electron chi connectivity index (χ1n) is 10.6. The molecule has 2 aliphatic carbocycles. The van der Waals surface area contributed by atoms with Gasteiger partial charge in [0, 0.05) is 28.5 Å². The Labute approximate surface area is 189 Å². The standard InChI is InChI=1S/C24H21ClN2O5/c1-30-13-7-8-14(17(9-13)31-2)21-20-15-10-16(22(20)32-26-21)19-18(15)23(28)27(24(19)29)12-5-3-11(25)4-6-12/h3-9,15-16,18-20,22H,10H2,1-2H3/t15-,16-,18-,19-,20-,22-/m1/s1. The highest BCUT2D eigenvalue weighted by Crippen LogP contribution is 2.62. The topological polar surface area (TPSA) is 77.4 Å². The van der Waals surface area contributed by atoms with Gasteiger partial charge in [-0.05, 0) is 48.7 Å². The van der Waals surface area contributed by atoms with Crippen molar-refractivity contribution in [2.75, 3.05) is 19.1 Å². The molecule has 0 N–H and O–H groups in total. The molecule has 2 aliphatic heterocycles. The summed E-state index contributed by atoms with van der Waals surface area (Å²) in [6.07, 6.45) is 0.582. The molecule has 4 aliphatic rings. The van der Waals surface area contributed by atoms with Crippen molar-refractivity contribution in [3.63, 3.8) is 0 Å². The van der Waals surface area contributed by atoms with Crippen molar-refractivity contribution in [1.29, 1.82) is 0 Å². The monoisotopic (exact) mass is 452 g/mol. The first-order valence-corrected chi connectivity index (χ1v) is 11.0. The highest BCUT2D eigenvalue weighted by atomic mass is 35.5. The number of amides is 2. The third kappa shape index (κ3) is 2.51. The van der Waals surface area contributed by atoms with Gasteiger partial charge in [-0.25, -0.2) is 0 Å². The fourth-order valence-corrected chi connectivity index (χ4v) is 6.33. The summed E-state index contributed by atoms with van der Waals surface area (Å²) in [4.78, 5) is 34.0. The van der Waals surface area contributed by atoms with Crippen molar-refractivity contribution in [2.45, 2.75) is 12.5 Å². The Bertz CT molecular complexity index is 1160. The fraction of sp³-hybridized carbons (Fsp3) is 0.375. The normalized spacial score (nSPS) is 32.0. The number of hydrogen-bond donors (Lipinski definition) is 0. The van der Waals surface area contributed by atoms with Crippen molar-refractivity contribution in [1.82, 2.24) is 0 Å². The number of halogens is 1. The summed E-state index contributed by atoms with van der Waals surface area (Å²) in [5, 5.41) is 4.97. The van der Waals surface area contributed by atoms with Gasteiger partial charge in [0.25, 0.3) is 0 Å². The van der Waals surface area contributed by atoms with Crippen LogP contribution in [0.4, 0.5) is 5.69 Å². The van der Waals surface area contributed by atoms with E-state index in [4.69, 9.17) is 25.9 Å². The zero-order chi connectivity index (χ0) is 22.1. The van der Waals surface area contributed by atoms with Crippen molar-refractivity contribution >= 4 is 34.8 Å². The second-order valence-corrected chi connectivity index (χ2v) is 9.18.